The van der Waals surface area contributed by atoms with Crippen LogP contribution in [-0.4, -0.2) is 46.0 Å². The minimum Gasteiger partial charge on any atom is -0.328 e. The molecule has 0 amide bonds. The standard InChI is InChI=1S/C15H10N6O15.HNO3/c22-16(23)13(34-19(28)29,11-7-3-1-4-8-11)15(18(26)27,36-21(32)33)14(17(24)25,35-20(30)31)12-9-5-2-6-10-12;2-1(3)4/h1-10H;(H,2,3,4). The normalized spacial score (nSPS) is 14.6. The van der Waals surface area contributed by atoms with Gasteiger partial charge in [0, 0.05) is 0 Å². The summed E-state index contributed by atoms with van der Waals surface area (Å²) in [7, 11) is 0. The first-order valence-electron chi connectivity index (χ1n) is 9.41. The predicted octanol–water partition coefficient (Wildman–Crippen LogP) is 0.496. The topological polar surface area (TPSA) is 350 Å². The van der Waals surface area contributed by atoms with Crippen molar-refractivity contribution in [3.8, 4) is 0 Å². The molecule has 0 aliphatic heterocycles. The molecule has 214 valence electrons. The van der Waals surface area contributed by atoms with E-state index in [2.05, 4.69) is 14.5 Å². The van der Waals surface area contributed by atoms with Gasteiger partial charge in [0.1, 0.15) is 0 Å². The number of benzene rings is 2. The van der Waals surface area contributed by atoms with Crippen LogP contribution in [0.3, 0.4) is 0 Å². The van der Waals surface area contributed by atoms with Gasteiger partial charge in [0.15, 0.2) is 0 Å². The Hall–Kier alpha value is -6.56. The molecule has 2 aromatic rings. The minimum atomic E-state index is -5.14. The van der Waals surface area contributed by atoms with Gasteiger partial charge < -0.3 is 5.21 Å². The highest BCUT2D eigenvalue weighted by atomic mass is 17.0. The molecule has 25 nitrogen and oxygen atoms in total. The summed E-state index contributed by atoms with van der Waals surface area (Å²) >= 11 is 0. The van der Waals surface area contributed by atoms with Gasteiger partial charge >= 0.3 is 32.4 Å². The zero-order chi connectivity index (χ0) is 30.9. The Morgan fingerprint density at radius 2 is 0.775 bits per heavy atom. The summed E-state index contributed by atoms with van der Waals surface area (Å²) in [5, 5.41) is 79.0. The molecule has 25 heteroatoms. The van der Waals surface area contributed by atoms with Crippen LogP contribution >= 0.6 is 0 Å². The molecule has 2 atom stereocenters. The molecule has 0 fully saturated rings. The first-order valence-corrected chi connectivity index (χ1v) is 9.41. The number of nitro groups is 3. The van der Waals surface area contributed by atoms with Crippen molar-refractivity contribution in [2.24, 2.45) is 0 Å². The van der Waals surface area contributed by atoms with Gasteiger partial charge in [-0.25, -0.2) is 14.5 Å². The minimum absolute atomic E-state index is 0.537. The lowest BCUT2D eigenvalue weighted by atomic mass is 9.80. The third-order valence-corrected chi connectivity index (χ3v) is 4.64. The van der Waals surface area contributed by atoms with E-state index in [4.69, 9.17) is 15.3 Å². The molecule has 0 radical (unpaired) electrons. The quantitative estimate of drug-likeness (QED) is 0.192. The molecule has 0 aromatic heterocycles. The van der Waals surface area contributed by atoms with Gasteiger partial charge in [0.05, 0.1) is 25.9 Å². The van der Waals surface area contributed by atoms with Gasteiger partial charge in [0.25, 0.3) is 5.09 Å². The van der Waals surface area contributed by atoms with Crippen molar-refractivity contribution in [3.63, 3.8) is 0 Å². The third-order valence-electron chi connectivity index (χ3n) is 4.64. The second kappa shape index (κ2) is 12.1. The second-order valence-electron chi connectivity index (χ2n) is 6.62. The first-order chi connectivity index (χ1) is 18.5. The molecule has 0 saturated heterocycles. The maximum absolute atomic E-state index is 12.5. The second-order valence-corrected chi connectivity index (χ2v) is 6.62. The van der Waals surface area contributed by atoms with Crippen molar-refractivity contribution >= 4 is 0 Å². The van der Waals surface area contributed by atoms with E-state index in [9.17, 15) is 60.7 Å². The Bertz CT molecular complexity index is 1230. The highest BCUT2D eigenvalue weighted by Crippen LogP contribution is 2.53. The van der Waals surface area contributed by atoms with Crippen molar-refractivity contribution in [1.82, 2.24) is 0 Å². The van der Waals surface area contributed by atoms with Crippen molar-refractivity contribution in [1.29, 1.82) is 0 Å². The summed E-state index contributed by atoms with van der Waals surface area (Å²) in [4.78, 5) is 85.7. The van der Waals surface area contributed by atoms with Gasteiger partial charge in [-0.15, -0.1) is 40.5 Å². The van der Waals surface area contributed by atoms with Crippen LogP contribution in [0.5, 0.6) is 0 Å². The molecule has 1 N–H and O–H groups in total. The Morgan fingerprint density at radius 3 is 0.975 bits per heavy atom. The van der Waals surface area contributed by atoms with E-state index >= 15 is 0 Å². The highest BCUT2D eigenvalue weighted by Gasteiger charge is 2.96. The average Bonchev–Trinajstić information content (AvgIpc) is 2.84. The summed E-state index contributed by atoms with van der Waals surface area (Å²) in [5.41, 5.74) is -17.1. The lowest BCUT2D eigenvalue weighted by Gasteiger charge is -2.38. The van der Waals surface area contributed by atoms with Crippen LogP contribution in [0.2, 0.25) is 0 Å². The van der Waals surface area contributed by atoms with Crippen LogP contribution in [0.1, 0.15) is 11.1 Å². The van der Waals surface area contributed by atoms with Gasteiger partial charge in [-0.05, 0) is 24.3 Å². The van der Waals surface area contributed by atoms with Crippen molar-refractivity contribution < 1.29 is 54.8 Å². The van der Waals surface area contributed by atoms with Crippen LogP contribution < -0.4 is 0 Å². The van der Waals surface area contributed by atoms with Gasteiger partial charge in [-0.2, -0.15) is 0 Å². The molecular weight excluding hydrogens is 566 g/mol. The average molecular weight is 577 g/mol. The zero-order valence-corrected chi connectivity index (χ0v) is 18.8. The SMILES string of the molecule is O=[N+]([O-])O.O=[N+]([O-])OC(c1ccccc1)([N+](=O)[O-])C(O[N+](=O)[O-])([N+](=O)[O-])C(O[N+](=O)[O-])(c1ccccc1)[N+](=O)[O-]. The molecule has 2 unspecified atom stereocenters. The number of rotatable bonds is 13. The highest BCUT2D eigenvalue weighted by molar-refractivity contribution is 5.29. The van der Waals surface area contributed by atoms with E-state index in [-0.39, 0.29) is 0 Å². The Morgan fingerprint density at radius 1 is 0.500 bits per heavy atom. The summed E-state index contributed by atoms with van der Waals surface area (Å²) in [6.07, 6.45) is 0. The maximum Gasteiger partial charge on any atom is 0.556 e. The van der Waals surface area contributed by atoms with Crippen LogP contribution in [0, 0.1) is 70.8 Å². The van der Waals surface area contributed by atoms with E-state index in [1.807, 2.05) is 0 Å². The van der Waals surface area contributed by atoms with Gasteiger partial charge in [-0.3, -0.25) is 30.3 Å². The summed E-state index contributed by atoms with van der Waals surface area (Å²) in [6.45, 7) is 0. The van der Waals surface area contributed by atoms with Crippen LogP contribution in [0.25, 0.3) is 0 Å². The third kappa shape index (κ3) is 5.55. The van der Waals surface area contributed by atoms with Crippen LogP contribution in [-0.2, 0) is 26.0 Å². The predicted molar refractivity (Wildman–Crippen MR) is 113 cm³/mol. The molecular formula is C15H11N7O18. The largest absolute Gasteiger partial charge is 0.556 e. The molecule has 0 bridgehead atoms. The van der Waals surface area contributed by atoms with Crippen LogP contribution in [0.4, 0.5) is 0 Å². The van der Waals surface area contributed by atoms with E-state index < -0.39 is 63.4 Å². The van der Waals surface area contributed by atoms with Crippen molar-refractivity contribution in [3.05, 3.63) is 143 Å². The molecule has 0 spiro atoms. The summed E-state index contributed by atoms with van der Waals surface area (Å²) in [5.74, 6) is 0. The van der Waals surface area contributed by atoms with E-state index in [1.54, 1.807) is 0 Å². The van der Waals surface area contributed by atoms with E-state index in [1.165, 1.54) is 0 Å². The maximum atomic E-state index is 12.5. The molecule has 2 aromatic carbocycles. The fraction of sp³-hybridized carbons (Fsp3) is 0.200. The Labute approximate surface area is 215 Å². The molecule has 40 heavy (non-hydrogen) atoms. The van der Waals surface area contributed by atoms with Crippen molar-refractivity contribution in [2.75, 3.05) is 0 Å². The van der Waals surface area contributed by atoms with Crippen molar-refractivity contribution in [2.45, 2.75) is 17.2 Å². The first kappa shape index (κ1) is 31.5. The van der Waals surface area contributed by atoms with Crippen LogP contribution in [0.15, 0.2) is 60.7 Å². The number of nitrogens with zero attached hydrogens (tertiary/aromatic N) is 7. The zero-order valence-electron chi connectivity index (χ0n) is 18.8. The molecule has 2 rings (SSSR count). The summed E-state index contributed by atoms with van der Waals surface area (Å²) in [6, 6.07) is 7.97. The Kier molecular flexibility index (Phi) is 9.53. The lowest BCUT2D eigenvalue weighted by Crippen LogP contribution is -2.77. The fourth-order valence-electron chi connectivity index (χ4n) is 3.43. The summed E-state index contributed by atoms with van der Waals surface area (Å²) < 4.78 is 0. The van der Waals surface area contributed by atoms with E-state index in [0.717, 1.165) is 36.4 Å². The smallest absolute Gasteiger partial charge is 0.328 e. The molecule has 0 aliphatic rings. The van der Waals surface area contributed by atoms with Gasteiger partial charge in [0.2, 0.25) is 0 Å². The molecule has 0 aliphatic carbocycles. The molecule has 0 saturated carbocycles. The monoisotopic (exact) mass is 577 g/mol. The molecule has 0 heterocycles. The Balaban J connectivity index is 0.00000187. The number of hydrogen-bond acceptors (Lipinski definition) is 17. The number of hydrogen-bond donors (Lipinski definition) is 1. The fourth-order valence-corrected chi connectivity index (χ4v) is 3.43. The lowest BCUT2D eigenvalue weighted by molar-refractivity contribution is -0.997. The van der Waals surface area contributed by atoms with E-state index in [0.29, 0.717) is 24.3 Å². The van der Waals surface area contributed by atoms with Gasteiger partial charge in [-0.1, -0.05) is 36.4 Å².